The molecule has 1 aliphatic heterocycles. The molecule has 2 aromatic carbocycles. The van der Waals surface area contributed by atoms with Crippen LogP contribution in [0.4, 0.5) is 8.78 Å². The first kappa shape index (κ1) is 28.7. The summed E-state index contributed by atoms with van der Waals surface area (Å²) < 4.78 is 46.2. The van der Waals surface area contributed by atoms with E-state index in [4.69, 9.17) is 9.47 Å². The van der Waals surface area contributed by atoms with Gasteiger partial charge in [-0.25, -0.2) is 33.5 Å². The highest BCUT2D eigenvalue weighted by molar-refractivity contribution is 7.15. The van der Waals surface area contributed by atoms with Gasteiger partial charge in [0, 0.05) is 37.9 Å². The molecule has 0 amide bonds. The number of thiazole rings is 1. The fraction of sp³-hybridized carbons (Fsp3) is 0.219. The molecule has 1 aliphatic rings. The van der Waals surface area contributed by atoms with Crippen molar-refractivity contribution in [1.82, 2.24) is 29.1 Å². The molecular weight excluding hydrogens is 602 g/mol. The lowest BCUT2D eigenvalue weighted by Gasteiger charge is -2.27. The van der Waals surface area contributed by atoms with E-state index in [2.05, 4.69) is 19.9 Å². The van der Waals surface area contributed by atoms with Crippen LogP contribution in [0, 0.1) is 11.6 Å². The van der Waals surface area contributed by atoms with Gasteiger partial charge in [-0.05, 0) is 48.4 Å². The number of fused-ring (bicyclic) bond motifs is 1. The van der Waals surface area contributed by atoms with E-state index in [0.717, 1.165) is 34.1 Å². The van der Waals surface area contributed by atoms with Crippen LogP contribution in [0.5, 0.6) is 5.88 Å². The van der Waals surface area contributed by atoms with Gasteiger partial charge in [0.15, 0.2) is 0 Å². The third-order valence-electron chi connectivity index (χ3n) is 7.70. The minimum Gasteiger partial charge on any atom is -0.478 e. The molecular formula is C32H26F2N6O4S. The topological polar surface area (TPSA) is 117 Å². The molecule has 0 aliphatic carbocycles. The Balaban J connectivity index is 1.12. The second-order valence-electron chi connectivity index (χ2n) is 10.7. The molecule has 1 atom stereocenters. The average Bonchev–Trinajstić information content (AvgIpc) is 3.73. The Kier molecular flexibility index (Phi) is 7.55. The van der Waals surface area contributed by atoms with Crippen molar-refractivity contribution >= 4 is 28.3 Å². The number of imidazole rings is 2. The number of pyridine rings is 1. The number of hydrogen-bond donors (Lipinski definition) is 1. The van der Waals surface area contributed by atoms with Crippen molar-refractivity contribution < 1.29 is 28.2 Å². The normalized spacial score (nSPS) is 14.5. The molecule has 0 spiro atoms. The summed E-state index contributed by atoms with van der Waals surface area (Å²) >= 11 is 1.47. The van der Waals surface area contributed by atoms with Crippen LogP contribution < -0.4 is 4.74 Å². The van der Waals surface area contributed by atoms with E-state index in [1.54, 1.807) is 49.1 Å². The predicted molar refractivity (Wildman–Crippen MR) is 162 cm³/mol. The Morgan fingerprint density at radius 2 is 2.00 bits per heavy atom. The lowest BCUT2D eigenvalue weighted by Crippen LogP contribution is -2.31. The van der Waals surface area contributed by atoms with Gasteiger partial charge in [0.05, 0.1) is 58.0 Å². The fourth-order valence-electron chi connectivity index (χ4n) is 5.24. The number of halogens is 2. The van der Waals surface area contributed by atoms with Crippen LogP contribution in [-0.4, -0.2) is 52.9 Å². The molecule has 1 saturated heterocycles. The number of aromatic carboxylic acids is 1. The zero-order valence-corrected chi connectivity index (χ0v) is 24.8. The summed E-state index contributed by atoms with van der Waals surface area (Å²) in [6.45, 7) is 1.24. The van der Waals surface area contributed by atoms with E-state index in [9.17, 15) is 9.90 Å². The zero-order valence-electron chi connectivity index (χ0n) is 24.0. The standard InChI is InChI=1S/C32H26F2N6O4S/c1-39-17-35-13-27(39)28-14-36-31(45-28)16-44-30-4-2-3-24(38-30)21-12-22(33)19(9-23(21)34)11-29-37-25-6-5-18(32(41)42)10-26(25)40(29)15-20-7-8-43-20/h2-6,9-10,12-14,17,20H,7-8,11,15-16H2,1H3,(H,41,42)/t20-/m0/s1. The number of benzene rings is 2. The van der Waals surface area contributed by atoms with Gasteiger partial charge < -0.3 is 23.7 Å². The van der Waals surface area contributed by atoms with Crippen LogP contribution in [0.2, 0.25) is 0 Å². The van der Waals surface area contributed by atoms with E-state index in [1.165, 1.54) is 17.4 Å². The van der Waals surface area contributed by atoms with Crippen LogP contribution in [-0.2, 0) is 31.4 Å². The van der Waals surface area contributed by atoms with Crippen molar-refractivity contribution in [3.8, 4) is 27.7 Å². The molecule has 1 fully saturated rings. The maximum atomic E-state index is 15.5. The Morgan fingerprint density at radius 3 is 2.76 bits per heavy atom. The van der Waals surface area contributed by atoms with Gasteiger partial charge in [0.25, 0.3) is 0 Å². The van der Waals surface area contributed by atoms with Gasteiger partial charge in [-0.3, -0.25) is 0 Å². The lowest BCUT2D eigenvalue weighted by molar-refractivity contribution is -0.0589. The number of carboxylic acids is 1. The Hall–Kier alpha value is -5.01. The summed E-state index contributed by atoms with van der Waals surface area (Å²) in [6, 6.07) is 11.8. The highest BCUT2D eigenvalue weighted by atomic mass is 32.1. The third kappa shape index (κ3) is 5.79. The van der Waals surface area contributed by atoms with Crippen LogP contribution in [0.25, 0.3) is 32.9 Å². The number of rotatable bonds is 10. The molecule has 0 bridgehead atoms. The number of aromatic nitrogens is 6. The number of carboxylic acid groups (broad SMARTS) is 1. The first-order chi connectivity index (χ1) is 21.8. The highest BCUT2D eigenvalue weighted by Crippen LogP contribution is 2.30. The molecule has 7 rings (SSSR count). The van der Waals surface area contributed by atoms with Crippen LogP contribution >= 0.6 is 11.3 Å². The van der Waals surface area contributed by atoms with E-state index in [1.807, 2.05) is 16.2 Å². The first-order valence-electron chi connectivity index (χ1n) is 14.2. The molecule has 45 heavy (non-hydrogen) atoms. The van der Waals surface area contributed by atoms with Crippen molar-refractivity contribution in [3.05, 3.63) is 101 Å². The Labute approximate surface area is 259 Å². The molecule has 5 heterocycles. The van der Waals surface area contributed by atoms with Gasteiger partial charge in [-0.1, -0.05) is 6.07 Å². The van der Waals surface area contributed by atoms with E-state index < -0.39 is 17.6 Å². The molecule has 1 N–H and O–H groups in total. The highest BCUT2D eigenvalue weighted by Gasteiger charge is 2.24. The van der Waals surface area contributed by atoms with E-state index in [0.29, 0.717) is 30.0 Å². The lowest BCUT2D eigenvalue weighted by atomic mass is 10.0. The van der Waals surface area contributed by atoms with Gasteiger partial charge in [-0.15, -0.1) is 11.3 Å². The van der Waals surface area contributed by atoms with Crippen molar-refractivity contribution in [2.75, 3.05) is 6.61 Å². The summed E-state index contributed by atoms with van der Waals surface area (Å²) in [5.74, 6) is -1.58. The smallest absolute Gasteiger partial charge is 0.335 e. The summed E-state index contributed by atoms with van der Waals surface area (Å²) in [7, 11) is 1.91. The fourth-order valence-corrected chi connectivity index (χ4v) is 6.12. The van der Waals surface area contributed by atoms with Crippen molar-refractivity contribution in [1.29, 1.82) is 0 Å². The van der Waals surface area contributed by atoms with E-state index >= 15 is 8.78 Å². The summed E-state index contributed by atoms with van der Waals surface area (Å²) in [5.41, 5.74) is 2.56. The maximum absolute atomic E-state index is 15.5. The Morgan fingerprint density at radius 1 is 1.13 bits per heavy atom. The molecule has 13 heteroatoms. The quantitative estimate of drug-likeness (QED) is 0.200. The summed E-state index contributed by atoms with van der Waals surface area (Å²) in [6.07, 6.45) is 6.03. The SMILES string of the molecule is Cn1cncc1-c1cnc(COc2cccc(-c3cc(F)c(Cc4nc5ccc(C(=O)O)cc5n4C[C@@H]4CCO4)cc3F)n2)s1. The maximum Gasteiger partial charge on any atom is 0.335 e. The molecule has 0 radical (unpaired) electrons. The minimum atomic E-state index is -1.06. The molecule has 0 saturated carbocycles. The number of aryl methyl sites for hydroxylation is 1. The molecule has 0 unspecified atom stereocenters. The van der Waals surface area contributed by atoms with Crippen LogP contribution in [0.3, 0.4) is 0 Å². The molecule has 4 aromatic heterocycles. The predicted octanol–water partition coefficient (Wildman–Crippen LogP) is 5.89. The number of nitrogens with zero attached hydrogens (tertiary/aromatic N) is 6. The monoisotopic (exact) mass is 628 g/mol. The van der Waals surface area contributed by atoms with Gasteiger partial charge in [0.1, 0.15) is 29.1 Å². The number of hydrogen-bond acceptors (Lipinski definition) is 8. The summed E-state index contributed by atoms with van der Waals surface area (Å²) in [4.78, 5) is 30.1. The summed E-state index contributed by atoms with van der Waals surface area (Å²) in [5, 5.41) is 10.2. The van der Waals surface area contributed by atoms with Crippen LogP contribution in [0.1, 0.15) is 33.2 Å². The molecule has 6 aromatic rings. The number of carbonyl (C=O) groups is 1. The first-order valence-corrected chi connectivity index (χ1v) is 15.0. The van der Waals surface area contributed by atoms with Gasteiger partial charge in [0.2, 0.25) is 5.88 Å². The van der Waals surface area contributed by atoms with Gasteiger partial charge in [-0.2, -0.15) is 0 Å². The largest absolute Gasteiger partial charge is 0.478 e. The minimum absolute atomic E-state index is 0.00195. The molecule has 228 valence electrons. The van der Waals surface area contributed by atoms with Crippen molar-refractivity contribution in [2.45, 2.75) is 32.1 Å². The van der Waals surface area contributed by atoms with Crippen LogP contribution in [0.15, 0.2) is 67.3 Å². The molecule has 10 nitrogen and oxygen atoms in total. The van der Waals surface area contributed by atoms with Gasteiger partial charge >= 0.3 is 5.97 Å². The Bertz CT molecular complexity index is 2050. The zero-order chi connectivity index (χ0) is 31.1. The van der Waals surface area contributed by atoms with E-state index in [-0.39, 0.29) is 47.4 Å². The number of ether oxygens (including phenoxy) is 2. The average molecular weight is 629 g/mol. The van der Waals surface area contributed by atoms with Crippen molar-refractivity contribution in [3.63, 3.8) is 0 Å². The van der Waals surface area contributed by atoms with Crippen molar-refractivity contribution in [2.24, 2.45) is 7.05 Å². The second-order valence-corrected chi connectivity index (χ2v) is 11.8. The second kappa shape index (κ2) is 11.8. The third-order valence-corrected chi connectivity index (χ3v) is 8.70.